The van der Waals surface area contributed by atoms with E-state index in [1.165, 1.54) is 0 Å². The van der Waals surface area contributed by atoms with Crippen LogP contribution in [0.5, 0.6) is 0 Å². The van der Waals surface area contributed by atoms with Crippen molar-refractivity contribution in [3.05, 3.63) is 0 Å². The smallest absolute Gasteiger partial charge is 0.246 e. The van der Waals surface area contributed by atoms with E-state index in [-0.39, 0.29) is 29.9 Å². The summed E-state index contributed by atoms with van der Waals surface area (Å²) >= 11 is 1.84. The maximum atomic E-state index is 12.9. The van der Waals surface area contributed by atoms with E-state index in [9.17, 15) is 9.59 Å². The first-order chi connectivity index (χ1) is 9.99. The summed E-state index contributed by atoms with van der Waals surface area (Å²) in [6, 6.07) is -0.375. The van der Waals surface area contributed by atoms with E-state index < -0.39 is 0 Å². The summed E-state index contributed by atoms with van der Waals surface area (Å²) in [4.78, 5) is 27.3. The molecule has 1 saturated carbocycles. The van der Waals surface area contributed by atoms with Gasteiger partial charge in [0.15, 0.2) is 0 Å². The molecule has 5 heteroatoms. The molecule has 1 aliphatic heterocycles. The van der Waals surface area contributed by atoms with Gasteiger partial charge in [0.2, 0.25) is 11.8 Å². The van der Waals surface area contributed by atoms with Crippen LogP contribution in [0.15, 0.2) is 0 Å². The van der Waals surface area contributed by atoms with Crippen LogP contribution in [0, 0.1) is 5.92 Å². The number of hydrogen-bond donors (Lipinski definition) is 1. The lowest BCUT2D eigenvalue weighted by Gasteiger charge is -2.44. The van der Waals surface area contributed by atoms with E-state index in [1.807, 2.05) is 23.6 Å². The third kappa shape index (κ3) is 3.38. The lowest BCUT2D eigenvalue weighted by atomic mass is 9.95. The van der Waals surface area contributed by atoms with Crippen molar-refractivity contribution in [3.8, 4) is 0 Å². The number of carbonyl (C=O) groups is 2. The van der Waals surface area contributed by atoms with Gasteiger partial charge in [0.1, 0.15) is 12.1 Å². The molecule has 2 rings (SSSR count). The number of amides is 2. The standard InChI is InChI=1S/C16H28N2O2S/c1-5-12-15(19)17-11(9-10(2)3)16(20)18(12)13-7-6-8-14(13)21-4/h10-14H,5-9H2,1-4H3,(H,17,19). The Morgan fingerprint density at radius 3 is 2.62 bits per heavy atom. The number of nitrogens with one attached hydrogen (secondary N) is 1. The van der Waals surface area contributed by atoms with Crippen molar-refractivity contribution < 1.29 is 9.59 Å². The molecule has 2 amide bonds. The summed E-state index contributed by atoms with van der Waals surface area (Å²) in [5.74, 6) is 0.579. The van der Waals surface area contributed by atoms with E-state index in [0.29, 0.717) is 17.6 Å². The molecule has 1 aliphatic carbocycles. The van der Waals surface area contributed by atoms with Crippen LogP contribution in [0.25, 0.3) is 0 Å². The normalized spacial score (nSPS) is 33.7. The third-order valence-electron chi connectivity index (χ3n) is 4.68. The molecule has 1 saturated heterocycles. The molecule has 120 valence electrons. The largest absolute Gasteiger partial charge is 0.342 e. The van der Waals surface area contributed by atoms with E-state index in [4.69, 9.17) is 0 Å². The maximum Gasteiger partial charge on any atom is 0.246 e. The highest BCUT2D eigenvalue weighted by Gasteiger charge is 2.46. The fourth-order valence-electron chi connectivity index (χ4n) is 3.70. The second kappa shape index (κ2) is 7.03. The third-order valence-corrected chi connectivity index (χ3v) is 5.83. The highest BCUT2D eigenvalue weighted by Crippen LogP contribution is 2.35. The quantitative estimate of drug-likeness (QED) is 0.848. The van der Waals surface area contributed by atoms with Gasteiger partial charge in [0, 0.05) is 11.3 Å². The Kier molecular flexibility index (Phi) is 5.58. The van der Waals surface area contributed by atoms with E-state index in [2.05, 4.69) is 25.4 Å². The minimum absolute atomic E-state index is 0.0366. The van der Waals surface area contributed by atoms with Gasteiger partial charge in [0.25, 0.3) is 0 Å². The van der Waals surface area contributed by atoms with Crippen molar-refractivity contribution in [2.24, 2.45) is 5.92 Å². The zero-order chi connectivity index (χ0) is 15.6. The SMILES string of the molecule is CCC1C(=O)NC(CC(C)C)C(=O)N1C1CCCC1SC. The second-order valence-electron chi connectivity index (χ2n) is 6.63. The molecule has 2 aliphatic rings. The van der Waals surface area contributed by atoms with Crippen molar-refractivity contribution in [2.75, 3.05) is 6.26 Å². The van der Waals surface area contributed by atoms with Crippen LogP contribution in [-0.2, 0) is 9.59 Å². The topological polar surface area (TPSA) is 49.4 Å². The van der Waals surface area contributed by atoms with Crippen molar-refractivity contribution in [3.63, 3.8) is 0 Å². The zero-order valence-corrected chi connectivity index (χ0v) is 14.4. The first-order valence-electron chi connectivity index (χ1n) is 8.14. The zero-order valence-electron chi connectivity index (χ0n) is 13.6. The lowest BCUT2D eigenvalue weighted by molar-refractivity contribution is -0.152. The maximum absolute atomic E-state index is 12.9. The Hall–Kier alpha value is -0.710. The molecule has 0 radical (unpaired) electrons. The number of carbonyl (C=O) groups excluding carboxylic acids is 2. The summed E-state index contributed by atoms with van der Waals surface area (Å²) in [6.07, 6.45) is 6.90. The summed E-state index contributed by atoms with van der Waals surface area (Å²) < 4.78 is 0. The predicted molar refractivity (Wildman–Crippen MR) is 87.3 cm³/mol. The average molecular weight is 312 g/mol. The van der Waals surface area contributed by atoms with E-state index in [0.717, 1.165) is 25.7 Å². The highest BCUT2D eigenvalue weighted by atomic mass is 32.2. The van der Waals surface area contributed by atoms with Crippen LogP contribution >= 0.6 is 11.8 Å². The Morgan fingerprint density at radius 1 is 1.33 bits per heavy atom. The fraction of sp³-hybridized carbons (Fsp3) is 0.875. The van der Waals surface area contributed by atoms with Gasteiger partial charge >= 0.3 is 0 Å². The molecule has 1 N–H and O–H groups in total. The van der Waals surface area contributed by atoms with Crippen LogP contribution in [0.1, 0.15) is 52.9 Å². The molecule has 0 bridgehead atoms. The molecule has 0 aromatic rings. The van der Waals surface area contributed by atoms with Crippen molar-refractivity contribution in [1.82, 2.24) is 10.2 Å². The summed E-state index contributed by atoms with van der Waals surface area (Å²) in [6.45, 7) is 6.18. The lowest BCUT2D eigenvalue weighted by Crippen LogP contribution is -2.66. The van der Waals surface area contributed by atoms with Gasteiger partial charge in [-0.15, -0.1) is 0 Å². The van der Waals surface area contributed by atoms with Crippen LogP contribution < -0.4 is 5.32 Å². The minimum atomic E-state index is -0.330. The molecule has 4 atom stereocenters. The van der Waals surface area contributed by atoms with Gasteiger partial charge < -0.3 is 10.2 Å². The van der Waals surface area contributed by atoms with Gasteiger partial charge in [-0.05, 0) is 37.9 Å². The monoisotopic (exact) mass is 312 g/mol. The molecular formula is C16H28N2O2S. The summed E-state index contributed by atoms with van der Waals surface area (Å²) in [7, 11) is 0. The van der Waals surface area contributed by atoms with Gasteiger partial charge in [0.05, 0.1) is 0 Å². The van der Waals surface area contributed by atoms with Crippen LogP contribution in [0.4, 0.5) is 0 Å². The van der Waals surface area contributed by atoms with Crippen LogP contribution in [-0.4, -0.2) is 46.3 Å². The predicted octanol–water partition coefficient (Wildman–Crippen LogP) is 2.42. The van der Waals surface area contributed by atoms with Crippen LogP contribution in [0.2, 0.25) is 0 Å². The molecule has 0 spiro atoms. The number of nitrogens with zero attached hydrogens (tertiary/aromatic N) is 1. The minimum Gasteiger partial charge on any atom is -0.342 e. The van der Waals surface area contributed by atoms with Gasteiger partial charge in [-0.2, -0.15) is 11.8 Å². The molecule has 4 nitrogen and oxygen atoms in total. The molecule has 4 unspecified atom stereocenters. The first kappa shape index (κ1) is 16.7. The summed E-state index contributed by atoms with van der Waals surface area (Å²) in [5.41, 5.74) is 0. The Morgan fingerprint density at radius 2 is 2.05 bits per heavy atom. The molecule has 0 aromatic carbocycles. The van der Waals surface area contributed by atoms with Gasteiger partial charge in [-0.25, -0.2) is 0 Å². The molecular weight excluding hydrogens is 284 g/mol. The number of rotatable bonds is 5. The Balaban J connectivity index is 2.24. The van der Waals surface area contributed by atoms with Crippen molar-refractivity contribution in [2.45, 2.75) is 76.3 Å². The molecule has 0 aromatic heterocycles. The molecule has 2 fully saturated rings. The number of hydrogen-bond acceptors (Lipinski definition) is 3. The Labute approximate surface area is 132 Å². The van der Waals surface area contributed by atoms with Crippen molar-refractivity contribution in [1.29, 1.82) is 0 Å². The van der Waals surface area contributed by atoms with Gasteiger partial charge in [-0.3, -0.25) is 9.59 Å². The van der Waals surface area contributed by atoms with Gasteiger partial charge in [-0.1, -0.05) is 27.2 Å². The second-order valence-corrected chi connectivity index (χ2v) is 7.71. The first-order valence-corrected chi connectivity index (χ1v) is 9.43. The average Bonchev–Trinajstić information content (AvgIpc) is 2.89. The number of piperazine rings is 1. The molecule has 1 heterocycles. The Bertz CT molecular complexity index is 400. The highest BCUT2D eigenvalue weighted by molar-refractivity contribution is 7.99. The summed E-state index contributed by atoms with van der Waals surface area (Å²) in [5, 5.41) is 3.43. The van der Waals surface area contributed by atoms with E-state index >= 15 is 0 Å². The van der Waals surface area contributed by atoms with Crippen LogP contribution in [0.3, 0.4) is 0 Å². The van der Waals surface area contributed by atoms with Crippen molar-refractivity contribution >= 4 is 23.6 Å². The van der Waals surface area contributed by atoms with E-state index in [1.54, 1.807) is 0 Å². The number of thioether (sulfide) groups is 1. The fourth-order valence-corrected chi connectivity index (χ4v) is 4.68. The molecule has 21 heavy (non-hydrogen) atoms.